The summed E-state index contributed by atoms with van der Waals surface area (Å²) in [6.45, 7) is 8.78. The maximum absolute atomic E-state index is 10.5. The summed E-state index contributed by atoms with van der Waals surface area (Å²) in [4.78, 5) is 3.85. The molecule has 1 aromatic rings. The molecule has 2 heterocycles. The Balaban J connectivity index is 1.87. The first-order valence-electron chi connectivity index (χ1n) is 10.6. The van der Waals surface area contributed by atoms with Gasteiger partial charge in [-0.3, -0.25) is 5.41 Å². The lowest BCUT2D eigenvalue weighted by atomic mass is 9.79. The van der Waals surface area contributed by atoms with E-state index in [1.165, 1.54) is 6.07 Å². The highest BCUT2D eigenvalue weighted by Crippen LogP contribution is 2.31. The van der Waals surface area contributed by atoms with Gasteiger partial charge in [-0.15, -0.1) is 0 Å². The summed E-state index contributed by atoms with van der Waals surface area (Å²) in [5, 5.41) is 33.8. The van der Waals surface area contributed by atoms with Crippen LogP contribution >= 0.6 is 0 Å². The Morgan fingerprint density at radius 2 is 1.81 bits per heavy atom. The summed E-state index contributed by atoms with van der Waals surface area (Å²) in [6.07, 6.45) is 8.52. The second-order valence-electron chi connectivity index (χ2n) is 9.94. The summed E-state index contributed by atoms with van der Waals surface area (Å²) in [7, 11) is 3.81. The van der Waals surface area contributed by atoms with Gasteiger partial charge in [0.2, 0.25) is 0 Å². The van der Waals surface area contributed by atoms with Crippen molar-refractivity contribution in [1.82, 2.24) is 10.2 Å². The van der Waals surface area contributed by atoms with Crippen molar-refractivity contribution in [3.8, 4) is 5.75 Å². The molecule has 0 saturated carbocycles. The van der Waals surface area contributed by atoms with Crippen molar-refractivity contribution in [1.29, 1.82) is 5.41 Å². The van der Waals surface area contributed by atoms with E-state index in [0.717, 1.165) is 18.5 Å². The number of aliphatic hydroxyl groups is 1. The van der Waals surface area contributed by atoms with Gasteiger partial charge in [-0.05, 0) is 70.9 Å². The third-order valence-corrected chi connectivity index (χ3v) is 6.05. The van der Waals surface area contributed by atoms with E-state index >= 15 is 0 Å². The number of piperidine rings is 1. The zero-order chi connectivity index (χ0) is 23.1. The number of likely N-dealkylation sites (N-methyl/N-ethyl adjacent to an activating group) is 1. The number of anilines is 1. The average molecular weight is 426 g/mol. The van der Waals surface area contributed by atoms with Crippen LogP contribution < -0.4 is 26.4 Å². The second-order valence-corrected chi connectivity index (χ2v) is 9.94. The van der Waals surface area contributed by atoms with Crippen LogP contribution in [0.3, 0.4) is 0 Å². The smallest absolute Gasteiger partial charge is 0.126 e. The van der Waals surface area contributed by atoms with E-state index in [1.807, 2.05) is 23.9 Å². The molecule has 0 radical (unpaired) electrons. The molecule has 168 valence electrons. The Bertz CT molecular complexity index is 1050. The molecule has 0 aromatic heterocycles. The van der Waals surface area contributed by atoms with Crippen molar-refractivity contribution in [3.63, 3.8) is 0 Å². The largest absolute Gasteiger partial charge is 0.507 e. The quantitative estimate of drug-likeness (QED) is 0.374. The van der Waals surface area contributed by atoms with E-state index in [1.54, 1.807) is 30.5 Å². The maximum Gasteiger partial charge on any atom is 0.126 e. The standard InChI is InChI=1S/C24H35N5O2/c1-23(2)13-15(14-24(3,4)27-23)29(6)22(26)8-7-18(25)16-11-19-17(12-21(16)31)20(30)9-10-28(19)5/h7-12,15,26-27,30-31H,13-14,25H2,1-6H3. The fraction of sp³-hybridized carbons (Fsp3) is 0.458. The first-order chi connectivity index (χ1) is 14.3. The average Bonchev–Trinajstić information content (AvgIpc) is 2.65. The molecule has 1 saturated heterocycles. The Hall–Kier alpha value is -2.93. The van der Waals surface area contributed by atoms with Gasteiger partial charge >= 0.3 is 0 Å². The molecule has 7 heteroatoms. The molecule has 31 heavy (non-hydrogen) atoms. The number of hydrogen-bond acceptors (Lipinski definition) is 6. The number of aromatic hydroxyl groups is 1. The zero-order valence-electron chi connectivity index (χ0n) is 19.3. The first-order valence-corrected chi connectivity index (χ1v) is 10.6. The van der Waals surface area contributed by atoms with Crippen molar-refractivity contribution in [2.45, 2.75) is 57.7 Å². The predicted molar refractivity (Wildman–Crippen MR) is 127 cm³/mol. The third kappa shape index (κ3) is 4.88. The van der Waals surface area contributed by atoms with Crippen LogP contribution in [0, 0.1) is 5.41 Å². The Kier molecular flexibility index (Phi) is 5.84. The van der Waals surface area contributed by atoms with Gasteiger partial charge in [0.05, 0.1) is 5.69 Å². The van der Waals surface area contributed by atoms with E-state index in [9.17, 15) is 10.2 Å². The molecule has 0 bridgehead atoms. The van der Waals surface area contributed by atoms with Crippen molar-refractivity contribution in [3.05, 3.63) is 47.0 Å². The number of nitrogens with two attached hydrogens (primary N) is 1. The number of benzene rings is 1. The molecule has 2 aliphatic heterocycles. The fourth-order valence-electron chi connectivity index (χ4n) is 4.77. The summed E-state index contributed by atoms with van der Waals surface area (Å²) < 4.78 is 0. The highest BCUT2D eigenvalue weighted by atomic mass is 16.3. The monoisotopic (exact) mass is 425 g/mol. The molecular formula is C24H35N5O2. The number of phenols is 1. The molecule has 7 nitrogen and oxygen atoms in total. The molecule has 0 unspecified atom stereocenters. The minimum Gasteiger partial charge on any atom is -0.507 e. The number of hydrogen-bond donors (Lipinski definition) is 5. The van der Waals surface area contributed by atoms with E-state index in [0.29, 0.717) is 22.0 Å². The van der Waals surface area contributed by atoms with Crippen molar-refractivity contribution >= 4 is 23.0 Å². The van der Waals surface area contributed by atoms with Gasteiger partial charge in [-0.2, -0.15) is 0 Å². The number of amidine groups is 1. The highest BCUT2D eigenvalue weighted by Gasteiger charge is 2.39. The third-order valence-electron chi connectivity index (χ3n) is 6.05. The van der Waals surface area contributed by atoms with Gasteiger partial charge in [-0.1, -0.05) is 0 Å². The zero-order valence-corrected chi connectivity index (χ0v) is 19.3. The number of aliphatic hydroxyl groups excluding tert-OH is 1. The summed E-state index contributed by atoms with van der Waals surface area (Å²) in [5.74, 6) is 0.447. The second kappa shape index (κ2) is 7.96. The summed E-state index contributed by atoms with van der Waals surface area (Å²) in [5.41, 5.74) is 7.35. The predicted octanol–water partition coefficient (Wildman–Crippen LogP) is 1.86. The van der Waals surface area contributed by atoms with Crippen molar-refractivity contribution < 1.29 is 10.2 Å². The normalized spacial score (nSPS) is 21.2. The van der Waals surface area contributed by atoms with Crippen LogP contribution in [-0.2, 0) is 0 Å². The first kappa shape index (κ1) is 22.7. The molecule has 2 aliphatic rings. The lowest BCUT2D eigenvalue weighted by molar-refractivity contribution is 0.114. The Morgan fingerprint density at radius 3 is 2.42 bits per heavy atom. The lowest BCUT2D eigenvalue weighted by Gasteiger charge is -2.49. The molecule has 0 atom stereocenters. The molecule has 1 fully saturated rings. The summed E-state index contributed by atoms with van der Waals surface area (Å²) >= 11 is 0. The highest BCUT2D eigenvalue weighted by molar-refractivity contribution is 5.92. The number of nitrogens with one attached hydrogen (secondary N) is 2. The molecule has 0 spiro atoms. The molecular weight excluding hydrogens is 390 g/mol. The molecule has 1 aromatic carbocycles. The molecule has 0 aliphatic carbocycles. The van der Waals surface area contributed by atoms with Crippen molar-refractivity contribution in [2.75, 3.05) is 19.0 Å². The van der Waals surface area contributed by atoms with Gasteiger partial charge in [0, 0.05) is 53.5 Å². The Labute approximate surface area is 184 Å². The van der Waals surface area contributed by atoms with E-state index in [4.69, 9.17) is 11.1 Å². The lowest BCUT2D eigenvalue weighted by Crippen LogP contribution is -2.62. The maximum atomic E-state index is 10.5. The van der Waals surface area contributed by atoms with Crippen LogP contribution in [0.2, 0.25) is 0 Å². The van der Waals surface area contributed by atoms with Crippen LogP contribution in [0.15, 0.2) is 36.6 Å². The van der Waals surface area contributed by atoms with Gasteiger partial charge in [0.15, 0.2) is 0 Å². The topological polar surface area (TPSA) is 109 Å². The van der Waals surface area contributed by atoms with E-state index in [-0.39, 0.29) is 28.6 Å². The number of rotatable bonds is 3. The Morgan fingerprint density at radius 1 is 1.19 bits per heavy atom. The van der Waals surface area contributed by atoms with E-state index in [2.05, 4.69) is 33.0 Å². The van der Waals surface area contributed by atoms with Crippen LogP contribution in [-0.4, -0.2) is 52.2 Å². The molecule has 0 amide bonds. The molecule has 3 rings (SSSR count). The minimum absolute atomic E-state index is 0.00616. The number of phenolic OH excluding ortho intramolecular Hbond substituents is 1. The van der Waals surface area contributed by atoms with E-state index < -0.39 is 0 Å². The molecule has 6 N–H and O–H groups in total. The van der Waals surface area contributed by atoms with Gasteiger partial charge in [0.25, 0.3) is 0 Å². The van der Waals surface area contributed by atoms with Crippen LogP contribution in [0.5, 0.6) is 5.75 Å². The van der Waals surface area contributed by atoms with Crippen LogP contribution in [0.1, 0.15) is 40.5 Å². The number of nitrogens with zero attached hydrogens (tertiary/aromatic N) is 2. The summed E-state index contributed by atoms with van der Waals surface area (Å²) in [6, 6.07) is 3.49. The number of fused-ring (bicyclic) bond motifs is 1. The van der Waals surface area contributed by atoms with Crippen molar-refractivity contribution in [2.24, 2.45) is 5.73 Å². The van der Waals surface area contributed by atoms with Gasteiger partial charge < -0.3 is 31.1 Å². The van der Waals surface area contributed by atoms with Gasteiger partial charge in [-0.25, -0.2) is 0 Å². The van der Waals surface area contributed by atoms with Crippen LogP contribution in [0.4, 0.5) is 5.69 Å². The van der Waals surface area contributed by atoms with Gasteiger partial charge in [0.1, 0.15) is 17.3 Å². The minimum atomic E-state index is -0.0158. The fourth-order valence-corrected chi connectivity index (χ4v) is 4.77. The van der Waals surface area contributed by atoms with Crippen LogP contribution in [0.25, 0.3) is 11.5 Å². The SMILES string of the molecule is CN1C=CC(O)=c2cc(O)c(=C(N)C=CC(=N)N(C)C3CC(C)(C)NC(C)(C)C3)cc21.